The van der Waals surface area contributed by atoms with Gasteiger partial charge in [0.15, 0.2) is 6.29 Å². The van der Waals surface area contributed by atoms with Gasteiger partial charge >= 0.3 is 0 Å². The molecule has 1 aliphatic rings. The number of hydrogen-bond donors (Lipinski definition) is 1. The molecule has 3 N–H and O–H groups in total. The Morgan fingerprint density at radius 2 is 2.19 bits per heavy atom. The van der Waals surface area contributed by atoms with Gasteiger partial charge in [-0.3, -0.25) is 4.79 Å². The molecule has 7 heteroatoms. The van der Waals surface area contributed by atoms with Gasteiger partial charge in [-0.1, -0.05) is 0 Å². The molecule has 3 heterocycles. The van der Waals surface area contributed by atoms with Crippen LogP contribution in [-0.4, -0.2) is 17.8 Å². The molecule has 1 atom stereocenters. The molecule has 0 amide bonds. The molecule has 0 spiro atoms. The van der Waals surface area contributed by atoms with Crippen LogP contribution in [0.25, 0.3) is 21.5 Å². The van der Waals surface area contributed by atoms with Gasteiger partial charge in [0.25, 0.3) is 0 Å². The van der Waals surface area contributed by atoms with E-state index in [-0.39, 0.29) is 11.7 Å². The van der Waals surface area contributed by atoms with Crippen LogP contribution in [0.5, 0.6) is 5.75 Å². The Labute approximate surface area is 160 Å². The van der Waals surface area contributed by atoms with Crippen LogP contribution in [0.2, 0.25) is 0 Å². The van der Waals surface area contributed by atoms with Gasteiger partial charge in [-0.15, -0.1) is 11.3 Å². The average molecular weight is 387 g/mol. The third-order valence-corrected chi connectivity index (χ3v) is 5.67. The summed E-state index contributed by atoms with van der Waals surface area (Å²) in [5.74, 6) is 0.733. The number of unbranched alkanes of at least 4 members (excludes halogenated alkanes) is 2. The van der Waals surface area contributed by atoms with Crippen LogP contribution < -0.4 is 15.9 Å². The predicted octanol–water partition coefficient (Wildman–Crippen LogP) is 3.26. The standard InChI is InChI=1S/C20H22N2O4S/c1-12-11-27-20(22-12)15-10-24-17-8-16-13(7-14(17)19(15)23)9-25-18(26-16)5-3-2-4-6-21/h7-8,10-11,18H,2-6,9,21H2,1H3/p+1/t18-/m1/s1. The number of nitrogens with zero attached hydrogens (tertiary/aromatic N) is 1. The molecule has 27 heavy (non-hydrogen) atoms. The first-order chi connectivity index (χ1) is 13.2. The first-order valence-electron chi connectivity index (χ1n) is 9.24. The van der Waals surface area contributed by atoms with Gasteiger partial charge in [0.2, 0.25) is 5.43 Å². The van der Waals surface area contributed by atoms with Crippen LogP contribution in [0.4, 0.5) is 0 Å². The molecular formula is C20H23N2O4S+. The number of benzene rings is 1. The second-order valence-corrected chi connectivity index (χ2v) is 7.65. The summed E-state index contributed by atoms with van der Waals surface area (Å²) in [6, 6.07) is 3.62. The van der Waals surface area contributed by atoms with Gasteiger partial charge in [-0.25, -0.2) is 4.98 Å². The summed E-state index contributed by atoms with van der Waals surface area (Å²) in [6.45, 7) is 3.30. The van der Waals surface area contributed by atoms with Crippen molar-refractivity contribution in [2.75, 3.05) is 6.54 Å². The molecule has 3 aromatic rings. The monoisotopic (exact) mass is 387 g/mol. The van der Waals surface area contributed by atoms with E-state index >= 15 is 0 Å². The fourth-order valence-corrected chi connectivity index (χ4v) is 4.01. The first kappa shape index (κ1) is 18.2. The summed E-state index contributed by atoms with van der Waals surface area (Å²) < 4.78 is 17.5. The zero-order valence-corrected chi connectivity index (χ0v) is 16.1. The number of quaternary nitrogens is 1. The van der Waals surface area contributed by atoms with E-state index in [9.17, 15) is 4.79 Å². The van der Waals surface area contributed by atoms with Crippen molar-refractivity contribution in [2.24, 2.45) is 0 Å². The maximum Gasteiger partial charge on any atom is 0.202 e. The van der Waals surface area contributed by atoms with Crippen LogP contribution in [0.3, 0.4) is 0 Å². The third-order valence-electron chi connectivity index (χ3n) is 4.68. The Morgan fingerprint density at radius 1 is 1.30 bits per heavy atom. The van der Waals surface area contributed by atoms with Gasteiger partial charge in [0.1, 0.15) is 22.6 Å². The molecule has 4 rings (SSSR count). The van der Waals surface area contributed by atoms with Crippen molar-refractivity contribution >= 4 is 22.3 Å². The van der Waals surface area contributed by atoms with Gasteiger partial charge in [0.05, 0.1) is 24.1 Å². The van der Waals surface area contributed by atoms with Gasteiger partial charge in [0, 0.05) is 29.1 Å². The number of ether oxygens (including phenoxy) is 2. The minimum atomic E-state index is -0.246. The predicted molar refractivity (Wildman–Crippen MR) is 104 cm³/mol. The Hall–Kier alpha value is -2.22. The van der Waals surface area contributed by atoms with Crippen molar-refractivity contribution in [3.63, 3.8) is 0 Å². The van der Waals surface area contributed by atoms with Crippen LogP contribution in [0, 0.1) is 6.92 Å². The topological polar surface area (TPSA) is 89.2 Å². The zero-order chi connectivity index (χ0) is 18.8. The highest BCUT2D eigenvalue weighted by Crippen LogP contribution is 2.32. The van der Waals surface area contributed by atoms with Crippen molar-refractivity contribution in [2.45, 2.75) is 45.5 Å². The lowest BCUT2D eigenvalue weighted by molar-refractivity contribution is -0.368. The molecule has 142 valence electrons. The van der Waals surface area contributed by atoms with Crippen LogP contribution >= 0.6 is 11.3 Å². The van der Waals surface area contributed by atoms with E-state index in [1.165, 1.54) is 17.6 Å². The number of thiazole rings is 1. The van der Waals surface area contributed by atoms with Crippen LogP contribution in [0.15, 0.2) is 33.0 Å². The number of aromatic nitrogens is 1. The van der Waals surface area contributed by atoms with Crippen molar-refractivity contribution in [1.82, 2.24) is 4.98 Å². The van der Waals surface area contributed by atoms with Gasteiger partial charge in [-0.05, 0) is 32.3 Å². The van der Waals surface area contributed by atoms with E-state index < -0.39 is 0 Å². The Bertz CT molecular complexity index is 1010. The SMILES string of the molecule is Cc1csc(-c2coc3cc4c(cc3c2=O)CO[C@@H](CCCCC[NH3+])O4)n1. The van der Waals surface area contributed by atoms with E-state index in [0.29, 0.717) is 28.1 Å². The van der Waals surface area contributed by atoms with Crippen molar-refractivity contribution < 1.29 is 19.6 Å². The summed E-state index contributed by atoms with van der Waals surface area (Å²) in [7, 11) is 0. The van der Waals surface area contributed by atoms with Gasteiger partial charge in [-0.2, -0.15) is 0 Å². The average Bonchev–Trinajstić information content (AvgIpc) is 3.10. The maximum atomic E-state index is 12.9. The molecular weight excluding hydrogens is 364 g/mol. The quantitative estimate of drug-likeness (QED) is 0.656. The Morgan fingerprint density at radius 3 is 2.96 bits per heavy atom. The lowest BCUT2D eigenvalue weighted by Crippen LogP contribution is -2.50. The number of rotatable bonds is 6. The largest absolute Gasteiger partial charge is 0.464 e. The van der Waals surface area contributed by atoms with Crippen molar-refractivity contribution in [3.8, 4) is 16.3 Å². The zero-order valence-electron chi connectivity index (χ0n) is 15.3. The number of hydrogen-bond acceptors (Lipinski definition) is 6. The highest BCUT2D eigenvalue weighted by atomic mass is 32.1. The number of aryl methyl sites for hydroxylation is 1. The molecule has 0 bridgehead atoms. The molecule has 6 nitrogen and oxygen atoms in total. The summed E-state index contributed by atoms with van der Waals surface area (Å²) in [5, 5.41) is 3.13. The van der Waals surface area contributed by atoms with Crippen molar-refractivity contribution in [1.29, 1.82) is 0 Å². The first-order valence-corrected chi connectivity index (χ1v) is 10.1. The minimum absolute atomic E-state index is 0.0799. The van der Waals surface area contributed by atoms with Crippen LogP contribution in [0.1, 0.15) is 36.9 Å². The Kier molecular flexibility index (Phi) is 5.24. The van der Waals surface area contributed by atoms with E-state index in [0.717, 1.165) is 49.2 Å². The van der Waals surface area contributed by atoms with Gasteiger partial charge < -0.3 is 19.6 Å². The summed E-state index contributed by atoms with van der Waals surface area (Å²) >= 11 is 1.44. The summed E-state index contributed by atoms with van der Waals surface area (Å²) in [6.07, 6.45) is 5.40. The molecule has 0 saturated carbocycles. The normalized spacial score (nSPS) is 16.3. The molecule has 1 aliphatic heterocycles. The van der Waals surface area contributed by atoms with Crippen molar-refractivity contribution in [3.05, 3.63) is 45.3 Å². The molecule has 0 saturated heterocycles. The minimum Gasteiger partial charge on any atom is -0.464 e. The van der Waals surface area contributed by atoms with E-state index in [2.05, 4.69) is 10.7 Å². The maximum absolute atomic E-state index is 12.9. The third kappa shape index (κ3) is 3.76. The summed E-state index contributed by atoms with van der Waals surface area (Å²) in [4.78, 5) is 17.3. The lowest BCUT2D eigenvalue weighted by Gasteiger charge is -2.26. The lowest BCUT2D eigenvalue weighted by atomic mass is 10.1. The highest BCUT2D eigenvalue weighted by Gasteiger charge is 2.22. The van der Waals surface area contributed by atoms with E-state index in [4.69, 9.17) is 13.9 Å². The molecule has 0 aliphatic carbocycles. The smallest absolute Gasteiger partial charge is 0.202 e. The fraction of sp³-hybridized carbons (Fsp3) is 0.400. The Balaban J connectivity index is 1.60. The summed E-state index contributed by atoms with van der Waals surface area (Å²) in [5.41, 5.74) is 6.55. The van der Waals surface area contributed by atoms with E-state index in [1.807, 2.05) is 18.4 Å². The van der Waals surface area contributed by atoms with Crippen LogP contribution in [-0.2, 0) is 11.3 Å². The molecule has 2 aromatic heterocycles. The number of fused-ring (bicyclic) bond motifs is 2. The molecule has 0 radical (unpaired) electrons. The molecule has 1 aromatic carbocycles. The molecule has 0 unspecified atom stereocenters. The second kappa shape index (κ2) is 7.80. The molecule has 0 fully saturated rings. The second-order valence-electron chi connectivity index (χ2n) is 6.79. The van der Waals surface area contributed by atoms with E-state index in [1.54, 1.807) is 6.07 Å². The fourth-order valence-electron chi connectivity index (χ4n) is 3.21. The highest BCUT2D eigenvalue weighted by molar-refractivity contribution is 7.13.